The van der Waals surface area contributed by atoms with Crippen LogP contribution in [0.25, 0.3) is 5.57 Å². The number of thiocarbonyl (C=S) groups is 1. The van der Waals surface area contributed by atoms with E-state index in [0.717, 1.165) is 36.9 Å². The first kappa shape index (κ1) is 20.8. The Hall–Kier alpha value is -1.92. The van der Waals surface area contributed by atoms with E-state index in [1.165, 1.54) is 11.8 Å². The van der Waals surface area contributed by atoms with Crippen molar-refractivity contribution in [1.29, 1.82) is 0 Å². The first-order valence-corrected chi connectivity index (χ1v) is 11.1. The Morgan fingerprint density at radius 1 is 1.18 bits per heavy atom. The summed E-state index contributed by atoms with van der Waals surface area (Å²) < 4.78 is 0.551. The lowest BCUT2D eigenvalue weighted by atomic mass is 9.98. The Labute approximate surface area is 176 Å². The van der Waals surface area contributed by atoms with Gasteiger partial charge in [0, 0.05) is 18.7 Å². The van der Waals surface area contributed by atoms with Gasteiger partial charge < -0.3 is 4.90 Å². The van der Waals surface area contributed by atoms with Crippen LogP contribution in [0.2, 0.25) is 0 Å². The quantitative estimate of drug-likeness (QED) is 0.341. The van der Waals surface area contributed by atoms with Crippen LogP contribution in [0, 0.1) is 5.92 Å². The third kappa shape index (κ3) is 3.80. The summed E-state index contributed by atoms with van der Waals surface area (Å²) in [6.45, 7) is 9.12. The second-order valence-corrected chi connectivity index (χ2v) is 8.77. The molecule has 148 valence electrons. The van der Waals surface area contributed by atoms with Gasteiger partial charge in [0.15, 0.2) is 0 Å². The summed E-state index contributed by atoms with van der Waals surface area (Å²) in [5.41, 5.74) is 2.09. The van der Waals surface area contributed by atoms with Crippen LogP contribution in [0.3, 0.4) is 0 Å². The van der Waals surface area contributed by atoms with E-state index in [1.807, 2.05) is 24.3 Å². The highest BCUT2D eigenvalue weighted by molar-refractivity contribution is 8.26. The maximum absolute atomic E-state index is 13.2. The molecule has 1 aromatic carbocycles. The number of unbranched alkanes of at least 4 members (excludes halogenated alkanes) is 1. The molecular weight excluding hydrogens is 388 g/mol. The van der Waals surface area contributed by atoms with Gasteiger partial charge in [0.05, 0.1) is 16.2 Å². The zero-order valence-corrected chi connectivity index (χ0v) is 18.1. The van der Waals surface area contributed by atoms with Crippen LogP contribution in [0.15, 0.2) is 41.8 Å². The highest BCUT2D eigenvalue weighted by Gasteiger charge is 2.41. The number of anilines is 1. The lowest BCUT2D eigenvalue weighted by molar-refractivity contribution is -0.123. The maximum Gasteiger partial charge on any atom is 0.267 e. The molecule has 0 unspecified atom stereocenters. The largest absolute Gasteiger partial charge is 0.304 e. The van der Waals surface area contributed by atoms with Crippen molar-refractivity contribution in [2.45, 2.75) is 39.5 Å². The molecule has 0 bridgehead atoms. The topological polar surface area (TPSA) is 40.6 Å². The number of thioether (sulfide) groups is 1. The lowest BCUT2D eigenvalue weighted by Gasteiger charge is -2.21. The van der Waals surface area contributed by atoms with Gasteiger partial charge in [-0.15, -0.1) is 6.58 Å². The van der Waals surface area contributed by atoms with Crippen molar-refractivity contribution in [3.63, 3.8) is 0 Å². The van der Waals surface area contributed by atoms with E-state index in [0.29, 0.717) is 33.8 Å². The molecule has 0 N–H and O–H groups in total. The predicted octanol–water partition coefficient (Wildman–Crippen LogP) is 5.01. The molecule has 2 aliphatic heterocycles. The van der Waals surface area contributed by atoms with Crippen LogP contribution in [0.4, 0.5) is 5.69 Å². The van der Waals surface area contributed by atoms with Crippen molar-refractivity contribution in [2.75, 3.05) is 18.0 Å². The summed E-state index contributed by atoms with van der Waals surface area (Å²) in [4.78, 5) is 30.1. The van der Waals surface area contributed by atoms with E-state index in [-0.39, 0.29) is 11.8 Å². The number of benzene rings is 1. The molecule has 28 heavy (non-hydrogen) atoms. The fourth-order valence-corrected chi connectivity index (χ4v) is 5.04. The molecule has 2 heterocycles. The standard InChI is InChI=1S/C22H26N2O2S2/c1-4-7-10-15(6-3)14-24-21(26)19(28-22(24)27)18-16-11-8-9-12-17(16)23(13-5-2)20(18)25/h5,8-9,11-12,15H,2,4,6-7,10,13-14H2,1,3H3/b19-18+/t15-/m1/s1. The number of carbonyl (C=O) groups excluding carboxylic acids is 2. The molecule has 4 nitrogen and oxygen atoms in total. The zero-order chi connectivity index (χ0) is 20.3. The number of amides is 2. The predicted molar refractivity (Wildman–Crippen MR) is 121 cm³/mol. The number of carbonyl (C=O) groups is 2. The van der Waals surface area contributed by atoms with Crippen LogP contribution >= 0.6 is 24.0 Å². The van der Waals surface area contributed by atoms with Crippen LogP contribution in [0.1, 0.15) is 45.1 Å². The smallest absolute Gasteiger partial charge is 0.267 e. The fourth-order valence-electron chi connectivity index (χ4n) is 3.69. The summed E-state index contributed by atoms with van der Waals surface area (Å²) in [7, 11) is 0. The van der Waals surface area contributed by atoms with Crippen LogP contribution in [0.5, 0.6) is 0 Å². The molecule has 0 saturated carbocycles. The molecule has 0 radical (unpaired) electrons. The summed E-state index contributed by atoms with van der Waals surface area (Å²) in [6, 6.07) is 7.59. The van der Waals surface area contributed by atoms with Crippen molar-refractivity contribution < 1.29 is 9.59 Å². The normalized spacial score (nSPS) is 20.1. The maximum atomic E-state index is 13.2. The number of hydrogen-bond donors (Lipinski definition) is 0. The zero-order valence-electron chi connectivity index (χ0n) is 16.4. The number of fused-ring (bicyclic) bond motifs is 1. The Morgan fingerprint density at radius 2 is 1.93 bits per heavy atom. The molecule has 0 aliphatic carbocycles. The number of nitrogens with zero attached hydrogens (tertiary/aromatic N) is 2. The van der Waals surface area contributed by atoms with E-state index < -0.39 is 0 Å². The van der Waals surface area contributed by atoms with E-state index in [4.69, 9.17) is 12.2 Å². The van der Waals surface area contributed by atoms with Gasteiger partial charge in [-0.3, -0.25) is 14.5 Å². The van der Waals surface area contributed by atoms with E-state index in [1.54, 1.807) is 15.9 Å². The van der Waals surface area contributed by atoms with Crippen LogP contribution < -0.4 is 4.90 Å². The first-order valence-electron chi connectivity index (χ1n) is 9.83. The number of hydrogen-bond acceptors (Lipinski definition) is 4. The van der Waals surface area contributed by atoms with E-state index in [9.17, 15) is 9.59 Å². The average Bonchev–Trinajstić information content (AvgIpc) is 3.13. The molecular formula is C22H26N2O2S2. The third-order valence-corrected chi connectivity index (χ3v) is 6.74. The average molecular weight is 415 g/mol. The fraction of sp³-hybridized carbons (Fsp3) is 0.409. The van der Waals surface area contributed by atoms with E-state index >= 15 is 0 Å². The number of rotatable bonds is 8. The second-order valence-electron chi connectivity index (χ2n) is 7.13. The number of para-hydroxylation sites is 1. The monoisotopic (exact) mass is 414 g/mol. The summed E-state index contributed by atoms with van der Waals surface area (Å²) in [5.74, 6) is 0.138. The van der Waals surface area contributed by atoms with E-state index in [2.05, 4.69) is 20.4 Å². The van der Waals surface area contributed by atoms with Gasteiger partial charge in [-0.25, -0.2) is 0 Å². The van der Waals surface area contributed by atoms with Crippen LogP contribution in [-0.2, 0) is 9.59 Å². The Morgan fingerprint density at radius 3 is 2.61 bits per heavy atom. The van der Waals surface area contributed by atoms with Crippen molar-refractivity contribution in [2.24, 2.45) is 5.92 Å². The molecule has 2 amide bonds. The van der Waals surface area contributed by atoms with Crippen LogP contribution in [-0.4, -0.2) is 34.1 Å². The summed E-state index contributed by atoms with van der Waals surface area (Å²) in [5, 5.41) is 0. The molecule has 1 saturated heterocycles. The highest BCUT2D eigenvalue weighted by atomic mass is 32.2. The summed E-state index contributed by atoms with van der Waals surface area (Å²) >= 11 is 6.78. The molecule has 3 rings (SSSR count). The molecule has 1 fully saturated rings. The molecule has 6 heteroatoms. The van der Waals surface area contributed by atoms with Gasteiger partial charge in [0.1, 0.15) is 4.32 Å². The minimum absolute atomic E-state index is 0.136. The van der Waals surface area contributed by atoms with Crippen molar-refractivity contribution >= 4 is 51.4 Å². The first-order chi connectivity index (χ1) is 13.5. The SMILES string of the molecule is C=CCN1C(=O)/C(=C2/SC(=S)N(C[C@H](CC)CCCC)C2=O)c2ccccc21. The molecule has 0 aromatic heterocycles. The Balaban J connectivity index is 1.94. The van der Waals surface area contributed by atoms with Crippen molar-refractivity contribution in [1.82, 2.24) is 4.90 Å². The minimum atomic E-state index is -0.153. The molecule has 1 atom stereocenters. The van der Waals surface area contributed by atoms with Gasteiger partial charge in [0.2, 0.25) is 0 Å². The van der Waals surface area contributed by atoms with Gasteiger partial charge in [-0.05, 0) is 18.4 Å². The Bertz CT molecular complexity index is 847. The highest BCUT2D eigenvalue weighted by Crippen LogP contribution is 2.44. The molecule has 1 aromatic rings. The summed E-state index contributed by atoms with van der Waals surface area (Å²) in [6.07, 6.45) is 6.09. The molecule has 0 spiro atoms. The second kappa shape index (κ2) is 9.05. The van der Waals surface area contributed by atoms with Crippen molar-refractivity contribution in [3.05, 3.63) is 47.4 Å². The lowest BCUT2D eigenvalue weighted by Crippen LogP contribution is -2.33. The van der Waals surface area contributed by atoms with Gasteiger partial charge in [-0.2, -0.15) is 0 Å². The van der Waals surface area contributed by atoms with Gasteiger partial charge in [0.25, 0.3) is 11.8 Å². The Kier molecular flexibility index (Phi) is 6.73. The van der Waals surface area contributed by atoms with Gasteiger partial charge >= 0.3 is 0 Å². The third-order valence-electron chi connectivity index (χ3n) is 5.30. The van der Waals surface area contributed by atoms with Gasteiger partial charge in [-0.1, -0.05) is 81.4 Å². The minimum Gasteiger partial charge on any atom is -0.304 e. The molecule has 2 aliphatic rings. The van der Waals surface area contributed by atoms with Crippen molar-refractivity contribution in [3.8, 4) is 0 Å².